The summed E-state index contributed by atoms with van der Waals surface area (Å²) < 4.78 is 84.2. The van der Waals surface area contributed by atoms with E-state index in [-0.39, 0.29) is 19.4 Å². The predicted molar refractivity (Wildman–Crippen MR) is 94.0 cm³/mol. The highest BCUT2D eigenvalue weighted by Gasteiger charge is 2.32. The number of carbonyl (C=O) groups is 1. The number of nitrogens with two attached hydrogens (primary N) is 1. The number of unbranched alkanes of at least 4 members (excludes halogenated alkanes) is 1. The van der Waals surface area contributed by atoms with Gasteiger partial charge in [-0.3, -0.25) is 4.90 Å². The average Bonchev–Trinajstić information content (AvgIpc) is 2.66. The van der Waals surface area contributed by atoms with Gasteiger partial charge in [0.1, 0.15) is 5.69 Å². The molecular formula is C16H23F5N2O4Si. The van der Waals surface area contributed by atoms with E-state index in [1.807, 2.05) is 0 Å². The maximum atomic E-state index is 13.9. The number of anilines is 1. The molecule has 0 bridgehead atoms. The second-order valence-electron chi connectivity index (χ2n) is 5.62. The van der Waals surface area contributed by atoms with Crippen LogP contribution in [0.4, 0.5) is 32.4 Å². The van der Waals surface area contributed by atoms with E-state index in [2.05, 4.69) is 0 Å². The summed E-state index contributed by atoms with van der Waals surface area (Å²) in [5, 5.41) is 0. The fraction of sp³-hybridized carbons (Fsp3) is 0.562. The van der Waals surface area contributed by atoms with Crippen molar-refractivity contribution in [3.05, 3.63) is 29.1 Å². The molecule has 6 nitrogen and oxygen atoms in total. The molecule has 0 saturated carbocycles. The highest BCUT2D eigenvalue weighted by Crippen LogP contribution is 2.31. The summed E-state index contributed by atoms with van der Waals surface area (Å²) in [7, 11) is 0.308. The number of carbonyl (C=O) groups excluding carboxylic acids is 1. The Kier molecular flexibility index (Phi) is 9.27. The van der Waals surface area contributed by atoms with Gasteiger partial charge in [-0.15, -0.1) is 0 Å². The number of hydrogen-bond acceptors (Lipinski definition) is 4. The van der Waals surface area contributed by atoms with Gasteiger partial charge in [0.25, 0.3) is 5.97 Å². The fourth-order valence-corrected chi connectivity index (χ4v) is 3.06. The second kappa shape index (κ2) is 10.7. The van der Waals surface area contributed by atoms with Crippen LogP contribution in [0.25, 0.3) is 0 Å². The number of hydrogen-bond donors (Lipinski definition) is 1. The number of halogens is 5. The Labute approximate surface area is 162 Å². The number of ether oxygens (including phenoxy) is 2. The molecule has 1 aromatic rings. The van der Waals surface area contributed by atoms with Gasteiger partial charge in [-0.25, -0.2) is 26.7 Å². The zero-order valence-electron chi connectivity index (χ0n) is 15.8. The molecular weight excluding hydrogens is 407 g/mol. The second-order valence-corrected chi connectivity index (χ2v) is 6.03. The molecule has 0 radical (unpaired) electrons. The van der Waals surface area contributed by atoms with Gasteiger partial charge in [0.15, 0.2) is 33.8 Å². The Morgan fingerprint density at radius 2 is 1.43 bits per heavy atom. The molecule has 0 aromatic heterocycles. The Balaban J connectivity index is 2.96. The molecule has 28 heavy (non-hydrogen) atoms. The van der Waals surface area contributed by atoms with Gasteiger partial charge in [0.2, 0.25) is 5.82 Å². The molecule has 0 aliphatic heterocycles. The van der Waals surface area contributed by atoms with Crippen LogP contribution in [-0.4, -0.2) is 42.2 Å². The van der Waals surface area contributed by atoms with Crippen LogP contribution in [-0.2, 0) is 13.9 Å². The molecule has 0 heterocycles. The number of urea groups is 1. The first-order valence-corrected chi connectivity index (χ1v) is 9.38. The monoisotopic (exact) mass is 430 g/mol. The maximum absolute atomic E-state index is 13.9. The lowest BCUT2D eigenvalue weighted by Gasteiger charge is -2.32. The van der Waals surface area contributed by atoms with Crippen LogP contribution in [0.5, 0.6) is 0 Å². The molecule has 2 N–H and O–H groups in total. The summed E-state index contributed by atoms with van der Waals surface area (Å²) in [4.78, 5) is 11.9. The third kappa shape index (κ3) is 5.40. The van der Waals surface area contributed by atoms with Crippen molar-refractivity contribution in [2.45, 2.75) is 39.1 Å². The standard InChI is InChI=1S/C16H23F5N2O4Si/c1-3-25-16(27-28,26-4-2)7-5-6-8-23(15(22)24)14-12(20)10(18)9(17)11(19)13(14)21/h3-8H2,1-2,28H3,(H2,22,24). The molecule has 0 spiro atoms. The molecule has 0 fully saturated rings. The van der Waals surface area contributed by atoms with Crippen molar-refractivity contribution in [1.82, 2.24) is 0 Å². The van der Waals surface area contributed by atoms with Crippen molar-refractivity contribution in [2.24, 2.45) is 5.73 Å². The molecule has 2 amide bonds. The van der Waals surface area contributed by atoms with Crippen LogP contribution in [0.1, 0.15) is 33.1 Å². The van der Waals surface area contributed by atoms with Crippen LogP contribution in [0.15, 0.2) is 0 Å². The Morgan fingerprint density at radius 3 is 1.82 bits per heavy atom. The van der Waals surface area contributed by atoms with E-state index >= 15 is 0 Å². The van der Waals surface area contributed by atoms with Crippen LogP contribution in [0.2, 0.25) is 0 Å². The minimum Gasteiger partial charge on any atom is -0.380 e. The number of benzene rings is 1. The zero-order chi connectivity index (χ0) is 21.5. The lowest BCUT2D eigenvalue weighted by Crippen LogP contribution is -2.40. The van der Waals surface area contributed by atoms with Crippen molar-refractivity contribution in [3.8, 4) is 0 Å². The quantitative estimate of drug-likeness (QED) is 0.146. The summed E-state index contributed by atoms with van der Waals surface area (Å²) in [6, 6.07) is -1.36. The van der Waals surface area contributed by atoms with Gasteiger partial charge in [0, 0.05) is 26.2 Å². The van der Waals surface area contributed by atoms with Crippen LogP contribution >= 0.6 is 0 Å². The van der Waals surface area contributed by atoms with Gasteiger partial charge in [0.05, 0.1) is 0 Å². The largest absolute Gasteiger partial charge is 0.380 e. The SMILES string of the molecule is CCOC(CCCCN(C(N)=O)c1c(F)c(F)c(F)c(F)c1F)(O[SiH3])OCC. The highest BCUT2D eigenvalue weighted by atomic mass is 28.2. The number of amides is 2. The highest BCUT2D eigenvalue weighted by molar-refractivity contribution is 5.98. The molecule has 1 rings (SSSR count). The van der Waals surface area contributed by atoms with Gasteiger partial charge in [-0.05, 0) is 26.7 Å². The summed E-state index contributed by atoms with van der Waals surface area (Å²) in [5.41, 5.74) is 3.70. The van der Waals surface area contributed by atoms with E-state index in [9.17, 15) is 26.7 Å². The van der Waals surface area contributed by atoms with Crippen molar-refractivity contribution < 1.29 is 40.6 Å². The third-order valence-electron chi connectivity index (χ3n) is 3.88. The van der Waals surface area contributed by atoms with E-state index in [0.29, 0.717) is 35.0 Å². The molecule has 1 aromatic carbocycles. The minimum atomic E-state index is -2.31. The number of nitrogens with zero attached hydrogens (tertiary/aromatic N) is 1. The lowest BCUT2D eigenvalue weighted by atomic mass is 10.1. The molecule has 0 unspecified atom stereocenters. The molecule has 0 aliphatic rings. The fourth-order valence-electron chi connectivity index (χ4n) is 2.62. The predicted octanol–water partition coefficient (Wildman–Crippen LogP) is 2.46. The maximum Gasteiger partial charge on any atom is 0.319 e. The summed E-state index contributed by atoms with van der Waals surface area (Å²) in [6.45, 7) is 3.71. The molecule has 160 valence electrons. The molecule has 0 saturated heterocycles. The van der Waals surface area contributed by atoms with E-state index in [1.165, 1.54) is 0 Å². The van der Waals surface area contributed by atoms with Crippen LogP contribution < -0.4 is 10.6 Å². The lowest BCUT2D eigenvalue weighted by molar-refractivity contribution is -0.343. The van der Waals surface area contributed by atoms with E-state index in [1.54, 1.807) is 13.8 Å². The normalized spacial score (nSPS) is 11.8. The Bertz CT molecular complexity index is 660. The molecule has 12 heteroatoms. The van der Waals surface area contributed by atoms with Gasteiger partial charge >= 0.3 is 6.03 Å². The van der Waals surface area contributed by atoms with Crippen molar-refractivity contribution >= 4 is 22.2 Å². The first-order chi connectivity index (χ1) is 13.2. The van der Waals surface area contributed by atoms with Crippen molar-refractivity contribution in [2.75, 3.05) is 24.7 Å². The van der Waals surface area contributed by atoms with Crippen LogP contribution in [0, 0.1) is 29.1 Å². The van der Waals surface area contributed by atoms with E-state index in [4.69, 9.17) is 19.6 Å². The first kappa shape index (κ1) is 24.3. The van der Waals surface area contributed by atoms with E-state index < -0.39 is 46.8 Å². The van der Waals surface area contributed by atoms with E-state index in [0.717, 1.165) is 0 Å². The molecule has 0 atom stereocenters. The average molecular weight is 430 g/mol. The Hall–Kier alpha value is -1.76. The summed E-state index contributed by atoms with van der Waals surface area (Å²) in [5.74, 6) is -12.2. The molecule has 0 aliphatic carbocycles. The number of primary amides is 1. The minimum absolute atomic E-state index is 0.106. The third-order valence-corrected chi connectivity index (χ3v) is 4.50. The summed E-state index contributed by atoms with van der Waals surface area (Å²) >= 11 is 0. The first-order valence-electron chi connectivity index (χ1n) is 8.57. The Morgan fingerprint density at radius 1 is 0.964 bits per heavy atom. The van der Waals surface area contributed by atoms with Gasteiger partial charge < -0.3 is 19.6 Å². The van der Waals surface area contributed by atoms with Crippen molar-refractivity contribution in [3.63, 3.8) is 0 Å². The summed E-state index contributed by atoms with van der Waals surface area (Å²) in [6.07, 6.45) is 0.624. The smallest absolute Gasteiger partial charge is 0.319 e. The zero-order valence-corrected chi connectivity index (χ0v) is 17.8. The van der Waals surface area contributed by atoms with Crippen molar-refractivity contribution in [1.29, 1.82) is 0 Å². The number of rotatable bonds is 11. The van der Waals surface area contributed by atoms with Crippen LogP contribution in [0.3, 0.4) is 0 Å². The topological polar surface area (TPSA) is 74.0 Å². The van der Waals surface area contributed by atoms with Gasteiger partial charge in [-0.1, -0.05) is 0 Å². The van der Waals surface area contributed by atoms with Gasteiger partial charge in [-0.2, -0.15) is 0 Å².